The van der Waals surface area contributed by atoms with E-state index >= 15 is 0 Å². The number of rotatable bonds is 6. The molecule has 0 saturated heterocycles. The molecule has 0 radical (unpaired) electrons. The van der Waals surface area contributed by atoms with Gasteiger partial charge in [-0.05, 0) is 26.7 Å². The minimum Gasteiger partial charge on any atom is -0.394 e. The Kier molecular flexibility index (Phi) is 16.9. The highest BCUT2D eigenvalue weighted by Crippen LogP contribution is 1.91. The molecule has 90 valence electrons. The standard InChI is InChI=1S/C8H12N4.C3H8O/c9-5-1-3-7-11-12-8-4-2-6-10;1-3(2)4/h1-4,7-8H2;3-4H,1-2H3. The molecule has 0 saturated carbocycles. The lowest BCUT2D eigenvalue weighted by molar-refractivity contribution is 0.216. The van der Waals surface area contributed by atoms with Gasteiger partial charge in [-0.2, -0.15) is 20.8 Å². The predicted octanol–water partition coefficient (Wildman–Crippen LogP) is 2.43. The topological polar surface area (TPSA) is 92.5 Å². The Morgan fingerprint density at radius 2 is 1.31 bits per heavy atom. The maximum absolute atomic E-state index is 8.18. The summed E-state index contributed by atoms with van der Waals surface area (Å²) >= 11 is 0. The summed E-state index contributed by atoms with van der Waals surface area (Å²) in [6.45, 7) is 4.69. The lowest BCUT2D eigenvalue weighted by Gasteiger charge is -1.87. The smallest absolute Gasteiger partial charge is 0.0622 e. The maximum atomic E-state index is 8.18. The van der Waals surface area contributed by atoms with Crippen LogP contribution >= 0.6 is 0 Å². The van der Waals surface area contributed by atoms with Gasteiger partial charge in [0.15, 0.2) is 0 Å². The van der Waals surface area contributed by atoms with Gasteiger partial charge in [-0.1, -0.05) is 0 Å². The molecule has 0 unspecified atom stereocenters. The molecule has 0 atom stereocenters. The van der Waals surface area contributed by atoms with E-state index in [1.807, 2.05) is 12.1 Å². The van der Waals surface area contributed by atoms with E-state index in [0.29, 0.717) is 25.9 Å². The van der Waals surface area contributed by atoms with E-state index in [2.05, 4.69) is 10.2 Å². The van der Waals surface area contributed by atoms with Crippen LogP contribution < -0.4 is 0 Å². The second-order valence-electron chi connectivity index (χ2n) is 3.35. The molecular formula is C11H20N4O. The van der Waals surface area contributed by atoms with Crippen molar-refractivity contribution >= 4 is 0 Å². The number of aliphatic hydroxyl groups excluding tert-OH is 1. The summed E-state index contributed by atoms with van der Waals surface area (Å²) < 4.78 is 0. The molecular weight excluding hydrogens is 204 g/mol. The van der Waals surface area contributed by atoms with Crippen LogP contribution in [0.25, 0.3) is 0 Å². The van der Waals surface area contributed by atoms with Crippen LogP contribution in [0.15, 0.2) is 10.2 Å². The fraction of sp³-hybridized carbons (Fsp3) is 0.818. The quantitative estimate of drug-likeness (QED) is 0.554. The minimum absolute atomic E-state index is 0.167. The summed E-state index contributed by atoms with van der Waals surface area (Å²) in [5.41, 5.74) is 0. The van der Waals surface area contributed by atoms with Crippen LogP contribution in [0.3, 0.4) is 0 Å². The van der Waals surface area contributed by atoms with Crippen molar-refractivity contribution in [3.63, 3.8) is 0 Å². The molecule has 0 heterocycles. The van der Waals surface area contributed by atoms with Crippen molar-refractivity contribution in [2.45, 2.75) is 45.6 Å². The van der Waals surface area contributed by atoms with E-state index in [1.54, 1.807) is 13.8 Å². The van der Waals surface area contributed by atoms with Crippen LogP contribution in [0.4, 0.5) is 0 Å². The van der Waals surface area contributed by atoms with Crippen LogP contribution in [0.1, 0.15) is 39.5 Å². The summed E-state index contributed by atoms with van der Waals surface area (Å²) in [6, 6.07) is 4.07. The Morgan fingerprint density at radius 3 is 1.56 bits per heavy atom. The van der Waals surface area contributed by atoms with Crippen molar-refractivity contribution in [2.75, 3.05) is 13.1 Å². The summed E-state index contributed by atoms with van der Waals surface area (Å²) in [6.07, 6.45) is 2.46. The van der Waals surface area contributed by atoms with Crippen LogP contribution in [-0.4, -0.2) is 24.3 Å². The van der Waals surface area contributed by atoms with Crippen LogP contribution in [0.2, 0.25) is 0 Å². The second-order valence-corrected chi connectivity index (χ2v) is 3.35. The van der Waals surface area contributed by atoms with Crippen molar-refractivity contribution < 1.29 is 5.11 Å². The van der Waals surface area contributed by atoms with Crippen LogP contribution in [-0.2, 0) is 0 Å². The average molecular weight is 224 g/mol. The van der Waals surface area contributed by atoms with E-state index in [0.717, 1.165) is 12.8 Å². The number of nitrogens with zero attached hydrogens (tertiary/aromatic N) is 4. The molecule has 0 bridgehead atoms. The number of hydrogen-bond acceptors (Lipinski definition) is 5. The molecule has 0 rings (SSSR count). The van der Waals surface area contributed by atoms with Gasteiger partial charge in [-0.3, -0.25) is 0 Å². The van der Waals surface area contributed by atoms with Gasteiger partial charge in [0.05, 0.1) is 25.2 Å². The zero-order chi connectivity index (χ0) is 12.6. The highest BCUT2D eigenvalue weighted by molar-refractivity contribution is 4.69. The molecule has 1 N–H and O–H groups in total. The third-order valence-corrected chi connectivity index (χ3v) is 1.19. The van der Waals surface area contributed by atoms with Gasteiger partial charge in [0.1, 0.15) is 0 Å². The second kappa shape index (κ2) is 16.0. The van der Waals surface area contributed by atoms with Gasteiger partial charge in [0, 0.05) is 18.9 Å². The summed E-state index contributed by atoms with van der Waals surface area (Å²) in [5.74, 6) is 0. The molecule has 0 amide bonds. The third-order valence-electron chi connectivity index (χ3n) is 1.19. The van der Waals surface area contributed by atoms with Gasteiger partial charge in [0.25, 0.3) is 0 Å². The first kappa shape index (κ1) is 17.0. The Hall–Kier alpha value is -1.46. The molecule has 0 fully saturated rings. The Bertz CT molecular complexity index is 213. The minimum atomic E-state index is -0.167. The highest BCUT2D eigenvalue weighted by Gasteiger charge is 1.84. The van der Waals surface area contributed by atoms with Crippen molar-refractivity contribution in [1.29, 1.82) is 10.5 Å². The summed E-state index contributed by atoms with van der Waals surface area (Å²) in [5, 5.41) is 32.1. The molecule has 0 spiro atoms. The van der Waals surface area contributed by atoms with E-state index in [4.69, 9.17) is 15.6 Å². The number of nitriles is 2. The molecule has 0 aliphatic heterocycles. The average Bonchev–Trinajstić information content (AvgIpc) is 2.21. The molecule has 0 aliphatic carbocycles. The maximum Gasteiger partial charge on any atom is 0.0622 e. The number of azo groups is 1. The van der Waals surface area contributed by atoms with Gasteiger partial charge in [-0.25, -0.2) is 0 Å². The molecule has 0 aromatic heterocycles. The molecule has 0 aliphatic rings. The fourth-order valence-corrected chi connectivity index (χ4v) is 0.599. The van der Waals surface area contributed by atoms with Crippen LogP contribution in [0.5, 0.6) is 0 Å². The number of aliphatic hydroxyl groups is 1. The first-order valence-electron chi connectivity index (χ1n) is 5.40. The van der Waals surface area contributed by atoms with Gasteiger partial charge < -0.3 is 5.11 Å². The molecule has 5 nitrogen and oxygen atoms in total. The van der Waals surface area contributed by atoms with E-state index in [1.165, 1.54) is 0 Å². The normalized spacial score (nSPS) is 9.38. The highest BCUT2D eigenvalue weighted by atomic mass is 16.3. The Morgan fingerprint density at radius 1 is 1.00 bits per heavy atom. The van der Waals surface area contributed by atoms with E-state index < -0.39 is 0 Å². The van der Waals surface area contributed by atoms with Gasteiger partial charge in [-0.15, -0.1) is 0 Å². The lowest BCUT2D eigenvalue weighted by atomic mass is 10.3. The number of hydrogen-bond donors (Lipinski definition) is 1. The summed E-state index contributed by atoms with van der Waals surface area (Å²) in [4.78, 5) is 0. The van der Waals surface area contributed by atoms with E-state index in [-0.39, 0.29) is 6.10 Å². The molecule has 0 aromatic rings. The van der Waals surface area contributed by atoms with Gasteiger partial charge >= 0.3 is 0 Å². The van der Waals surface area contributed by atoms with Crippen LogP contribution in [0, 0.1) is 22.7 Å². The molecule has 5 heteroatoms. The third kappa shape index (κ3) is 29.4. The Balaban J connectivity index is 0. The van der Waals surface area contributed by atoms with Crippen molar-refractivity contribution in [2.24, 2.45) is 10.2 Å². The summed E-state index contributed by atoms with van der Waals surface area (Å²) in [7, 11) is 0. The lowest BCUT2D eigenvalue weighted by Crippen LogP contribution is -1.85. The SMILES string of the molecule is CC(C)O.N#CCCCN=NCCCC#N. The monoisotopic (exact) mass is 224 g/mol. The van der Waals surface area contributed by atoms with E-state index in [9.17, 15) is 0 Å². The largest absolute Gasteiger partial charge is 0.394 e. The van der Waals surface area contributed by atoms with Crippen molar-refractivity contribution in [3.8, 4) is 12.1 Å². The number of unbranched alkanes of at least 4 members (excludes halogenated alkanes) is 2. The first-order valence-corrected chi connectivity index (χ1v) is 5.40. The Labute approximate surface area is 97.4 Å². The van der Waals surface area contributed by atoms with Crippen molar-refractivity contribution in [3.05, 3.63) is 0 Å². The fourth-order valence-electron chi connectivity index (χ4n) is 0.599. The van der Waals surface area contributed by atoms with Gasteiger partial charge in [0.2, 0.25) is 0 Å². The molecule has 16 heavy (non-hydrogen) atoms. The van der Waals surface area contributed by atoms with Crippen molar-refractivity contribution in [1.82, 2.24) is 0 Å². The predicted molar refractivity (Wildman–Crippen MR) is 61.6 cm³/mol. The molecule has 0 aromatic carbocycles. The zero-order valence-electron chi connectivity index (χ0n) is 10.1. The zero-order valence-corrected chi connectivity index (χ0v) is 10.1. The first-order chi connectivity index (χ1) is 7.65.